The number of benzene rings is 1. The zero-order chi connectivity index (χ0) is 22.6. The van der Waals surface area contributed by atoms with E-state index in [0.29, 0.717) is 37.7 Å². The fraction of sp³-hybridized carbons (Fsp3) is 0.333. The van der Waals surface area contributed by atoms with Gasteiger partial charge in [-0.15, -0.1) is 0 Å². The van der Waals surface area contributed by atoms with Crippen molar-refractivity contribution in [2.75, 3.05) is 31.2 Å². The number of rotatable bonds is 7. The molecule has 0 saturated carbocycles. The maximum absolute atomic E-state index is 10.6. The lowest BCUT2D eigenvalue weighted by Crippen LogP contribution is -2.37. The topological polar surface area (TPSA) is 94.1 Å². The molecule has 0 aliphatic carbocycles. The largest absolute Gasteiger partial charge is 0.388 e. The lowest BCUT2D eigenvalue weighted by atomic mass is 10.1. The lowest BCUT2D eigenvalue weighted by molar-refractivity contribution is 0.122. The Bertz CT molecular complexity index is 1200. The number of morpholine rings is 1. The molecule has 0 radical (unpaired) electrons. The van der Waals surface area contributed by atoms with Crippen LogP contribution in [-0.2, 0) is 18.2 Å². The Morgan fingerprint density at radius 1 is 1.06 bits per heavy atom. The molecule has 1 fully saturated rings. The van der Waals surface area contributed by atoms with Crippen molar-refractivity contribution in [1.29, 1.82) is 0 Å². The highest BCUT2D eigenvalue weighted by Gasteiger charge is 2.18. The SMILES string of the molecule is Cn1cc(C(O)CCc2nc(N3CCOCC3)cc(-n3ccc(-c4ccccc4)n3)n2)cn1. The predicted octanol–water partition coefficient (Wildman–Crippen LogP) is 2.57. The van der Waals surface area contributed by atoms with E-state index in [1.807, 2.05) is 61.9 Å². The first-order valence-corrected chi connectivity index (χ1v) is 11.1. The first-order valence-electron chi connectivity index (χ1n) is 11.1. The molecule has 1 atom stereocenters. The van der Waals surface area contributed by atoms with E-state index in [9.17, 15) is 5.11 Å². The smallest absolute Gasteiger partial charge is 0.159 e. The predicted molar refractivity (Wildman–Crippen MR) is 124 cm³/mol. The van der Waals surface area contributed by atoms with Gasteiger partial charge in [-0.3, -0.25) is 4.68 Å². The van der Waals surface area contributed by atoms with Gasteiger partial charge in [-0.1, -0.05) is 30.3 Å². The molecule has 1 N–H and O–H groups in total. The lowest BCUT2D eigenvalue weighted by Gasteiger charge is -2.28. The van der Waals surface area contributed by atoms with Gasteiger partial charge in [0.25, 0.3) is 0 Å². The Kier molecular flexibility index (Phi) is 6.14. The second kappa shape index (κ2) is 9.51. The maximum Gasteiger partial charge on any atom is 0.159 e. The van der Waals surface area contributed by atoms with Crippen LogP contribution in [0.15, 0.2) is 61.1 Å². The van der Waals surface area contributed by atoms with E-state index >= 15 is 0 Å². The van der Waals surface area contributed by atoms with Crippen LogP contribution < -0.4 is 4.90 Å². The van der Waals surface area contributed by atoms with E-state index in [2.05, 4.69) is 10.00 Å². The minimum atomic E-state index is -0.618. The molecule has 0 bridgehead atoms. The molecule has 1 unspecified atom stereocenters. The summed E-state index contributed by atoms with van der Waals surface area (Å²) in [5.41, 5.74) is 2.73. The Hall–Kier alpha value is -3.56. The normalized spacial score (nSPS) is 15.0. The Morgan fingerprint density at radius 2 is 1.85 bits per heavy atom. The van der Waals surface area contributed by atoms with Crippen molar-refractivity contribution in [2.45, 2.75) is 18.9 Å². The standard InChI is InChI=1S/C24H27N7O2/c1-29-17-19(16-25-29)21(32)7-8-22-26-23(30-11-13-33-14-12-30)15-24(27-22)31-10-9-20(28-31)18-5-3-2-4-6-18/h2-6,9-10,15-17,21,32H,7-8,11-14H2,1H3. The van der Waals surface area contributed by atoms with Crippen molar-refractivity contribution in [2.24, 2.45) is 7.05 Å². The Labute approximate surface area is 192 Å². The van der Waals surface area contributed by atoms with Gasteiger partial charge in [-0.25, -0.2) is 14.6 Å². The highest BCUT2D eigenvalue weighted by molar-refractivity contribution is 5.58. The first-order chi connectivity index (χ1) is 16.2. The highest BCUT2D eigenvalue weighted by Crippen LogP contribution is 2.22. The molecular weight excluding hydrogens is 418 g/mol. The summed E-state index contributed by atoms with van der Waals surface area (Å²) in [6.07, 6.45) is 5.86. The van der Waals surface area contributed by atoms with Crippen LogP contribution >= 0.6 is 0 Å². The number of hydrogen-bond donors (Lipinski definition) is 1. The van der Waals surface area contributed by atoms with Crippen LogP contribution in [0, 0.1) is 0 Å². The fourth-order valence-electron chi connectivity index (χ4n) is 3.91. The number of hydrogen-bond acceptors (Lipinski definition) is 7. The number of aliphatic hydroxyl groups excluding tert-OH is 1. The zero-order valence-corrected chi connectivity index (χ0v) is 18.6. The summed E-state index contributed by atoms with van der Waals surface area (Å²) in [6, 6.07) is 14.0. The minimum Gasteiger partial charge on any atom is -0.388 e. The molecular formula is C24H27N7O2. The van der Waals surface area contributed by atoms with E-state index in [-0.39, 0.29) is 0 Å². The fourth-order valence-corrected chi connectivity index (χ4v) is 3.91. The van der Waals surface area contributed by atoms with Crippen molar-refractivity contribution in [1.82, 2.24) is 29.5 Å². The minimum absolute atomic E-state index is 0.506. The summed E-state index contributed by atoms with van der Waals surface area (Å²) in [5.74, 6) is 2.24. The molecule has 0 spiro atoms. The number of aliphatic hydroxyl groups is 1. The molecule has 5 rings (SSSR count). The van der Waals surface area contributed by atoms with E-state index in [1.165, 1.54) is 0 Å². The molecule has 1 saturated heterocycles. The van der Waals surface area contributed by atoms with Crippen LogP contribution in [0.1, 0.15) is 23.9 Å². The first kappa shape index (κ1) is 21.3. The van der Waals surface area contributed by atoms with Crippen molar-refractivity contribution < 1.29 is 9.84 Å². The van der Waals surface area contributed by atoms with Crippen molar-refractivity contribution in [3.05, 3.63) is 72.4 Å². The van der Waals surface area contributed by atoms with Crippen LogP contribution in [0.2, 0.25) is 0 Å². The van der Waals surface area contributed by atoms with Crippen LogP contribution in [0.5, 0.6) is 0 Å². The molecule has 4 aromatic rings. The second-order valence-corrected chi connectivity index (χ2v) is 8.11. The molecule has 3 aromatic heterocycles. The van der Waals surface area contributed by atoms with Gasteiger partial charge in [0.05, 0.1) is 31.2 Å². The number of nitrogens with zero attached hydrogens (tertiary/aromatic N) is 7. The third kappa shape index (κ3) is 4.94. The maximum atomic E-state index is 10.6. The molecule has 9 nitrogen and oxygen atoms in total. The highest BCUT2D eigenvalue weighted by atomic mass is 16.5. The van der Waals surface area contributed by atoms with Crippen LogP contribution in [0.3, 0.4) is 0 Å². The Morgan fingerprint density at radius 3 is 2.61 bits per heavy atom. The summed E-state index contributed by atoms with van der Waals surface area (Å²) in [4.78, 5) is 11.8. The summed E-state index contributed by atoms with van der Waals surface area (Å²) < 4.78 is 8.98. The second-order valence-electron chi connectivity index (χ2n) is 8.11. The molecule has 1 aromatic carbocycles. The molecule has 170 valence electrons. The van der Waals surface area contributed by atoms with Gasteiger partial charge in [0.15, 0.2) is 5.82 Å². The van der Waals surface area contributed by atoms with Crippen molar-refractivity contribution >= 4 is 5.82 Å². The van der Waals surface area contributed by atoms with E-state index < -0.39 is 6.10 Å². The number of ether oxygens (including phenoxy) is 1. The van der Waals surface area contributed by atoms with Gasteiger partial charge < -0.3 is 14.7 Å². The average molecular weight is 446 g/mol. The van der Waals surface area contributed by atoms with Gasteiger partial charge in [-0.2, -0.15) is 10.2 Å². The van der Waals surface area contributed by atoms with Gasteiger partial charge in [-0.05, 0) is 12.5 Å². The molecule has 0 amide bonds. The molecule has 33 heavy (non-hydrogen) atoms. The molecule has 9 heteroatoms. The number of anilines is 1. The summed E-state index contributed by atoms with van der Waals surface area (Å²) in [6.45, 7) is 2.91. The number of aromatic nitrogens is 6. The van der Waals surface area contributed by atoms with Gasteiger partial charge in [0.2, 0.25) is 0 Å². The monoisotopic (exact) mass is 445 g/mol. The van der Waals surface area contributed by atoms with Gasteiger partial charge in [0.1, 0.15) is 11.6 Å². The number of aryl methyl sites for hydroxylation is 2. The third-order valence-corrected chi connectivity index (χ3v) is 5.72. The summed E-state index contributed by atoms with van der Waals surface area (Å²) >= 11 is 0. The van der Waals surface area contributed by atoms with E-state index in [1.54, 1.807) is 15.6 Å². The summed E-state index contributed by atoms with van der Waals surface area (Å²) in [7, 11) is 1.84. The zero-order valence-electron chi connectivity index (χ0n) is 18.6. The third-order valence-electron chi connectivity index (χ3n) is 5.72. The van der Waals surface area contributed by atoms with Crippen LogP contribution in [0.25, 0.3) is 17.1 Å². The van der Waals surface area contributed by atoms with Crippen molar-refractivity contribution in [3.8, 4) is 17.1 Å². The van der Waals surface area contributed by atoms with E-state index in [0.717, 1.165) is 35.7 Å². The summed E-state index contributed by atoms with van der Waals surface area (Å²) in [5, 5.41) is 19.5. The molecule has 1 aliphatic rings. The van der Waals surface area contributed by atoms with Gasteiger partial charge in [0, 0.05) is 56.1 Å². The molecule has 1 aliphatic heterocycles. The van der Waals surface area contributed by atoms with E-state index in [4.69, 9.17) is 19.8 Å². The average Bonchev–Trinajstić information content (AvgIpc) is 3.53. The molecule has 4 heterocycles. The van der Waals surface area contributed by atoms with Crippen LogP contribution in [0.4, 0.5) is 5.82 Å². The quantitative estimate of drug-likeness (QED) is 0.467. The van der Waals surface area contributed by atoms with Crippen molar-refractivity contribution in [3.63, 3.8) is 0 Å². The Balaban J connectivity index is 1.42. The van der Waals surface area contributed by atoms with Gasteiger partial charge >= 0.3 is 0 Å². The van der Waals surface area contributed by atoms with Crippen LogP contribution in [-0.4, -0.2) is 60.9 Å².